The van der Waals surface area contributed by atoms with Gasteiger partial charge in [-0.15, -0.1) is 0 Å². The topological polar surface area (TPSA) is 80.9 Å². The van der Waals surface area contributed by atoms with Gasteiger partial charge in [0.1, 0.15) is 0 Å². The second-order valence-electron chi connectivity index (χ2n) is 2.93. The first-order valence-electron chi connectivity index (χ1n) is 4.22. The lowest BCUT2D eigenvalue weighted by molar-refractivity contribution is 0.0690. The summed E-state index contributed by atoms with van der Waals surface area (Å²) >= 11 is 0. The summed E-state index contributed by atoms with van der Waals surface area (Å²) in [5.41, 5.74) is -0.0389. The summed E-state index contributed by atoms with van der Waals surface area (Å²) in [7, 11) is 1.79. The van der Waals surface area contributed by atoms with Crippen molar-refractivity contribution in [3.05, 3.63) is 30.4 Å². The normalized spacial score (nSPS) is 10.2. The van der Waals surface area contributed by atoms with Crippen molar-refractivity contribution in [2.75, 3.05) is 0 Å². The van der Waals surface area contributed by atoms with Gasteiger partial charge in [-0.25, -0.2) is 19.7 Å². The minimum Gasteiger partial charge on any atom is -0.477 e. The molecule has 0 amide bonds. The number of aromatic carboxylic acids is 1. The summed E-state index contributed by atoms with van der Waals surface area (Å²) in [5.74, 6) is -0.228. The molecule has 0 aliphatic carbocycles. The quantitative estimate of drug-likeness (QED) is 0.773. The second-order valence-corrected chi connectivity index (χ2v) is 2.93. The Morgan fingerprint density at radius 1 is 1.40 bits per heavy atom. The van der Waals surface area contributed by atoms with Crippen molar-refractivity contribution in [1.82, 2.24) is 19.5 Å². The van der Waals surface area contributed by atoms with E-state index in [-0.39, 0.29) is 5.69 Å². The zero-order chi connectivity index (χ0) is 10.8. The van der Waals surface area contributed by atoms with Crippen molar-refractivity contribution in [1.29, 1.82) is 0 Å². The Labute approximate surface area is 85.3 Å². The first-order chi connectivity index (χ1) is 7.18. The maximum atomic E-state index is 10.7. The van der Waals surface area contributed by atoms with Gasteiger partial charge in [0.25, 0.3) is 0 Å². The average molecular weight is 204 g/mol. The molecule has 0 aromatic carbocycles. The van der Waals surface area contributed by atoms with Crippen LogP contribution in [0.5, 0.6) is 0 Å². The number of hydrogen-bond acceptors (Lipinski definition) is 4. The molecule has 0 aliphatic heterocycles. The molecule has 15 heavy (non-hydrogen) atoms. The lowest BCUT2D eigenvalue weighted by Crippen LogP contribution is -2.04. The zero-order valence-corrected chi connectivity index (χ0v) is 7.95. The SMILES string of the molecule is Cn1ccnc1-c1nccc(C(=O)O)n1. The molecule has 0 saturated carbocycles. The molecule has 2 rings (SSSR count). The van der Waals surface area contributed by atoms with E-state index < -0.39 is 5.97 Å². The highest BCUT2D eigenvalue weighted by molar-refractivity contribution is 5.85. The summed E-state index contributed by atoms with van der Waals surface area (Å²) < 4.78 is 1.72. The molecule has 0 saturated heterocycles. The maximum Gasteiger partial charge on any atom is 0.354 e. The van der Waals surface area contributed by atoms with E-state index in [0.717, 1.165) is 0 Å². The van der Waals surface area contributed by atoms with Crippen molar-refractivity contribution >= 4 is 5.97 Å². The molecule has 1 N–H and O–H groups in total. The van der Waals surface area contributed by atoms with Gasteiger partial charge in [0.05, 0.1) is 0 Å². The van der Waals surface area contributed by atoms with E-state index in [4.69, 9.17) is 5.11 Å². The van der Waals surface area contributed by atoms with Crippen molar-refractivity contribution in [2.45, 2.75) is 0 Å². The molecule has 0 unspecified atom stereocenters. The van der Waals surface area contributed by atoms with Crippen LogP contribution in [0.2, 0.25) is 0 Å². The smallest absolute Gasteiger partial charge is 0.354 e. The molecule has 6 heteroatoms. The number of carboxylic acids is 1. The van der Waals surface area contributed by atoms with Gasteiger partial charge in [0.2, 0.25) is 0 Å². The first kappa shape index (κ1) is 9.32. The molecule has 0 spiro atoms. The van der Waals surface area contributed by atoms with Crippen LogP contribution in [-0.4, -0.2) is 30.6 Å². The predicted molar refractivity (Wildman–Crippen MR) is 51.2 cm³/mol. The molecule has 2 aromatic rings. The van der Waals surface area contributed by atoms with Gasteiger partial charge in [-0.2, -0.15) is 0 Å². The summed E-state index contributed by atoms with van der Waals surface area (Å²) in [5, 5.41) is 8.76. The number of rotatable bonds is 2. The molecule has 0 fully saturated rings. The van der Waals surface area contributed by atoms with Gasteiger partial charge in [-0.3, -0.25) is 0 Å². The number of carbonyl (C=O) groups is 1. The van der Waals surface area contributed by atoms with Crippen molar-refractivity contribution in [3.8, 4) is 11.6 Å². The first-order valence-corrected chi connectivity index (χ1v) is 4.22. The minimum absolute atomic E-state index is 0.0389. The van der Waals surface area contributed by atoms with Gasteiger partial charge in [-0.1, -0.05) is 0 Å². The highest BCUT2D eigenvalue weighted by Gasteiger charge is 2.10. The van der Waals surface area contributed by atoms with Crippen molar-refractivity contribution in [2.24, 2.45) is 7.05 Å². The van der Waals surface area contributed by atoms with Gasteiger partial charge in [-0.05, 0) is 6.07 Å². The lowest BCUT2D eigenvalue weighted by Gasteiger charge is -2.00. The molecule has 0 radical (unpaired) electrons. The zero-order valence-electron chi connectivity index (χ0n) is 7.95. The summed E-state index contributed by atoms with van der Waals surface area (Å²) in [6.45, 7) is 0. The molecule has 2 heterocycles. The highest BCUT2D eigenvalue weighted by atomic mass is 16.4. The van der Waals surface area contributed by atoms with Gasteiger partial charge in [0, 0.05) is 25.6 Å². The van der Waals surface area contributed by atoms with E-state index in [0.29, 0.717) is 11.6 Å². The fourth-order valence-electron chi connectivity index (χ4n) is 1.17. The van der Waals surface area contributed by atoms with Crippen LogP contribution in [0.4, 0.5) is 0 Å². The number of carboxylic acid groups (broad SMARTS) is 1. The van der Waals surface area contributed by atoms with E-state index >= 15 is 0 Å². The number of imidazole rings is 1. The molecule has 6 nitrogen and oxygen atoms in total. The molecule has 2 aromatic heterocycles. The van der Waals surface area contributed by atoms with Crippen LogP contribution in [0, 0.1) is 0 Å². The summed E-state index contributed by atoms with van der Waals surface area (Å²) in [6, 6.07) is 1.34. The molecule has 0 atom stereocenters. The van der Waals surface area contributed by atoms with Crippen LogP contribution in [0.3, 0.4) is 0 Å². The van der Waals surface area contributed by atoms with Crippen LogP contribution in [0.15, 0.2) is 24.7 Å². The number of aromatic nitrogens is 4. The molecule has 76 valence electrons. The number of aryl methyl sites for hydroxylation is 1. The Morgan fingerprint density at radius 3 is 2.80 bits per heavy atom. The van der Waals surface area contributed by atoms with Crippen LogP contribution in [-0.2, 0) is 7.05 Å². The third-order valence-corrected chi connectivity index (χ3v) is 1.90. The number of hydrogen-bond donors (Lipinski definition) is 1. The van der Waals surface area contributed by atoms with E-state index in [1.165, 1.54) is 12.3 Å². The van der Waals surface area contributed by atoms with E-state index in [2.05, 4.69) is 15.0 Å². The van der Waals surface area contributed by atoms with Crippen molar-refractivity contribution < 1.29 is 9.90 Å². The second kappa shape index (κ2) is 3.49. The van der Waals surface area contributed by atoms with E-state index in [1.807, 2.05) is 0 Å². The Hall–Kier alpha value is -2.24. The Bertz CT molecular complexity index is 506. The third kappa shape index (κ3) is 1.69. The van der Waals surface area contributed by atoms with Crippen LogP contribution < -0.4 is 0 Å². The van der Waals surface area contributed by atoms with Crippen LogP contribution >= 0.6 is 0 Å². The Balaban J connectivity index is 2.50. The summed E-state index contributed by atoms with van der Waals surface area (Å²) in [6.07, 6.45) is 4.75. The lowest BCUT2D eigenvalue weighted by atomic mass is 10.4. The molecule has 0 bridgehead atoms. The highest BCUT2D eigenvalue weighted by Crippen LogP contribution is 2.10. The largest absolute Gasteiger partial charge is 0.477 e. The van der Waals surface area contributed by atoms with Crippen LogP contribution in [0.1, 0.15) is 10.5 Å². The predicted octanol–water partition coefficient (Wildman–Crippen LogP) is 0.575. The Morgan fingerprint density at radius 2 is 2.20 bits per heavy atom. The molecular weight excluding hydrogens is 196 g/mol. The molecule has 0 aliphatic rings. The van der Waals surface area contributed by atoms with Gasteiger partial charge in [0.15, 0.2) is 17.3 Å². The summed E-state index contributed by atoms with van der Waals surface area (Å²) in [4.78, 5) is 22.6. The van der Waals surface area contributed by atoms with Gasteiger partial charge < -0.3 is 9.67 Å². The maximum absolute atomic E-state index is 10.7. The van der Waals surface area contributed by atoms with Gasteiger partial charge >= 0.3 is 5.97 Å². The average Bonchev–Trinajstić information content (AvgIpc) is 2.64. The number of nitrogens with zero attached hydrogens (tertiary/aromatic N) is 4. The fourth-order valence-corrected chi connectivity index (χ4v) is 1.17. The Kier molecular flexibility index (Phi) is 2.17. The third-order valence-electron chi connectivity index (χ3n) is 1.90. The van der Waals surface area contributed by atoms with Crippen molar-refractivity contribution in [3.63, 3.8) is 0 Å². The fraction of sp³-hybridized carbons (Fsp3) is 0.111. The van der Waals surface area contributed by atoms with E-state index in [9.17, 15) is 4.79 Å². The van der Waals surface area contributed by atoms with Crippen LogP contribution in [0.25, 0.3) is 11.6 Å². The minimum atomic E-state index is -1.08. The van der Waals surface area contributed by atoms with E-state index in [1.54, 1.807) is 24.0 Å². The standard InChI is InChI=1S/C9H8N4O2/c1-13-5-4-11-8(13)7-10-3-2-6(12-7)9(14)15/h2-5H,1H3,(H,14,15). The monoisotopic (exact) mass is 204 g/mol. The molecular formula is C9H8N4O2.